The molecular weight excluding hydrogens is 340 g/mol. The summed E-state index contributed by atoms with van der Waals surface area (Å²) in [7, 11) is 0. The van der Waals surface area contributed by atoms with Crippen LogP contribution in [0.3, 0.4) is 0 Å². The molecular formula is C22H20N2O3. The zero-order valence-corrected chi connectivity index (χ0v) is 14.8. The van der Waals surface area contributed by atoms with Crippen LogP contribution in [0, 0.1) is 0 Å². The summed E-state index contributed by atoms with van der Waals surface area (Å²) in [4.78, 5) is 18.3. The number of pyridine rings is 1. The normalized spacial score (nSPS) is 16.8. The van der Waals surface area contributed by atoms with Crippen LogP contribution in [0.15, 0.2) is 73.1 Å². The van der Waals surface area contributed by atoms with Gasteiger partial charge in [0.1, 0.15) is 18.4 Å². The third-order valence-corrected chi connectivity index (χ3v) is 4.81. The number of hydrogen-bond acceptors (Lipinski definition) is 4. The molecule has 0 spiro atoms. The molecule has 0 fully saturated rings. The van der Waals surface area contributed by atoms with E-state index in [1.165, 1.54) is 0 Å². The van der Waals surface area contributed by atoms with Gasteiger partial charge >= 0.3 is 5.97 Å². The Balaban J connectivity index is 1.71. The van der Waals surface area contributed by atoms with E-state index in [1.54, 1.807) is 6.20 Å². The number of aliphatic carboxylic acids is 1. The second kappa shape index (κ2) is 7.60. The first-order valence-electron chi connectivity index (χ1n) is 8.91. The van der Waals surface area contributed by atoms with E-state index < -0.39 is 12.0 Å². The second-order valence-corrected chi connectivity index (χ2v) is 6.50. The largest absolute Gasteiger partial charge is 0.492 e. The molecule has 0 aliphatic carbocycles. The standard InChI is InChI=1S/C22H20N2O3/c25-22(26)21-19-9-3-4-10-20(19)27-13-12-24(21)15-17-6-1-2-8-18(17)16-7-5-11-23-14-16/h1-11,14,21H,12-13,15H2,(H,25,26). The summed E-state index contributed by atoms with van der Waals surface area (Å²) in [5.41, 5.74) is 3.84. The van der Waals surface area contributed by atoms with E-state index in [9.17, 15) is 9.90 Å². The number of carboxylic acids is 1. The summed E-state index contributed by atoms with van der Waals surface area (Å²) in [5, 5.41) is 9.94. The lowest BCUT2D eigenvalue weighted by Crippen LogP contribution is -2.34. The Kier molecular flexibility index (Phi) is 4.85. The first-order chi connectivity index (χ1) is 13.2. The molecule has 1 aliphatic rings. The monoisotopic (exact) mass is 360 g/mol. The lowest BCUT2D eigenvalue weighted by Gasteiger charge is -2.27. The van der Waals surface area contributed by atoms with Crippen molar-refractivity contribution in [2.75, 3.05) is 13.2 Å². The molecule has 2 heterocycles. The molecule has 1 atom stereocenters. The molecule has 5 heteroatoms. The SMILES string of the molecule is O=C(O)C1c2ccccc2OCCN1Cc1ccccc1-c1cccnc1. The predicted molar refractivity (Wildman–Crippen MR) is 102 cm³/mol. The van der Waals surface area contributed by atoms with Crippen molar-refractivity contribution in [3.63, 3.8) is 0 Å². The maximum absolute atomic E-state index is 12.1. The van der Waals surface area contributed by atoms with Crippen LogP contribution in [0.2, 0.25) is 0 Å². The number of aromatic nitrogens is 1. The summed E-state index contributed by atoms with van der Waals surface area (Å²) in [5.74, 6) is -0.222. The van der Waals surface area contributed by atoms with Gasteiger partial charge in [0.25, 0.3) is 0 Å². The minimum atomic E-state index is -0.869. The molecule has 136 valence electrons. The smallest absolute Gasteiger partial charge is 0.325 e. The van der Waals surface area contributed by atoms with Gasteiger partial charge < -0.3 is 9.84 Å². The minimum absolute atomic E-state index is 0.454. The number of benzene rings is 2. The van der Waals surface area contributed by atoms with Crippen LogP contribution >= 0.6 is 0 Å². The van der Waals surface area contributed by atoms with Crippen molar-refractivity contribution in [1.29, 1.82) is 0 Å². The number of carbonyl (C=O) groups is 1. The van der Waals surface area contributed by atoms with E-state index in [2.05, 4.69) is 4.98 Å². The first-order valence-corrected chi connectivity index (χ1v) is 8.91. The van der Waals surface area contributed by atoms with Gasteiger partial charge in [-0.2, -0.15) is 0 Å². The lowest BCUT2D eigenvalue weighted by atomic mass is 9.99. The van der Waals surface area contributed by atoms with Crippen molar-refractivity contribution in [3.05, 3.63) is 84.2 Å². The molecule has 1 aromatic heterocycles. The van der Waals surface area contributed by atoms with Gasteiger partial charge in [-0.25, -0.2) is 0 Å². The summed E-state index contributed by atoms with van der Waals surface area (Å²) in [6.07, 6.45) is 3.57. The molecule has 0 saturated heterocycles. The molecule has 27 heavy (non-hydrogen) atoms. The Morgan fingerprint density at radius 1 is 1.11 bits per heavy atom. The van der Waals surface area contributed by atoms with Crippen molar-refractivity contribution < 1.29 is 14.6 Å². The van der Waals surface area contributed by atoms with Crippen LogP contribution in [0.25, 0.3) is 11.1 Å². The predicted octanol–water partition coefficient (Wildman–Crippen LogP) is 3.77. The Hall–Kier alpha value is -3.18. The molecule has 0 amide bonds. The van der Waals surface area contributed by atoms with Crippen molar-refractivity contribution in [2.24, 2.45) is 0 Å². The zero-order valence-electron chi connectivity index (χ0n) is 14.8. The summed E-state index contributed by atoms with van der Waals surface area (Å²) >= 11 is 0. The topological polar surface area (TPSA) is 62.7 Å². The Bertz CT molecular complexity index is 943. The highest BCUT2D eigenvalue weighted by Crippen LogP contribution is 2.34. The first kappa shape index (κ1) is 17.2. The Morgan fingerprint density at radius 2 is 1.93 bits per heavy atom. The number of fused-ring (bicyclic) bond motifs is 1. The molecule has 1 aliphatic heterocycles. The van der Waals surface area contributed by atoms with Crippen LogP contribution in [0.1, 0.15) is 17.2 Å². The molecule has 0 saturated carbocycles. The van der Waals surface area contributed by atoms with Crippen molar-refractivity contribution >= 4 is 5.97 Å². The maximum Gasteiger partial charge on any atom is 0.325 e. The van der Waals surface area contributed by atoms with Crippen LogP contribution in [0.4, 0.5) is 0 Å². The molecule has 0 bridgehead atoms. The third-order valence-electron chi connectivity index (χ3n) is 4.81. The third kappa shape index (κ3) is 3.55. The zero-order chi connectivity index (χ0) is 18.6. The van der Waals surface area contributed by atoms with Crippen LogP contribution in [-0.4, -0.2) is 34.1 Å². The van der Waals surface area contributed by atoms with E-state index in [-0.39, 0.29) is 0 Å². The fourth-order valence-electron chi connectivity index (χ4n) is 3.58. The Labute approximate surface area is 157 Å². The highest BCUT2D eigenvalue weighted by atomic mass is 16.5. The lowest BCUT2D eigenvalue weighted by molar-refractivity contribution is -0.143. The van der Waals surface area contributed by atoms with E-state index in [1.807, 2.05) is 71.8 Å². The van der Waals surface area contributed by atoms with Gasteiger partial charge in [0.05, 0.1) is 0 Å². The average molecular weight is 360 g/mol. The number of nitrogens with zero attached hydrogens (tertiary/aromatic N) is 2. The van der Waals surface area contributed by atoms with Gasteiger partial charge in [0.15, 0.2) is 0 Å². The second-order valence-electron chi connectivity index (χ2n) is 6.50. The molecule has 0 radical (unpaired) electrons. The van der Waals surface area contributed by atoms with Gasteiger partial charge in [-0.1, -0.05) is 48.5 Å². The molecule has 2 aromatic carbocycles. The summed E-state index contributed by atoms with van der Waals surface area (Å²) in [6, 6.07) is 18.6. The van der Waals surface area contributed by atoms with E-state index in [4.69, 9.17) is 4.74 Å². The number of rotatable bonds is 4. The van der Waals surface area contributed by atoms with E-state index in [0.717, 1.165) is 16.7 Å². The molecule has 4 rings (SSSR count). The van der Waals surface area contributed by atoms with Gasteiger partial charge in [-0.3, -0.25) is 14.7 Å². The van der Waals surface area contributed by atoms with Gasteiger partial charge in [-0.15, -0.1) is 0 Å². The molecule has 1 N–H and O–H groups in total. The molecule has 1 unspecified atom stereocenters. The fourth-order valence-corrected chi connectivity index (χ4v) is 3.58. The highest BCUT2D eigenvalue weighted by molar-refractivity contribution is 5.77. The quantitative estimate of drug-likeness (QED) is 0.767. The van der Waals surface area contributed by atoms with E-state index >= 15 is 0 Å². The summed E-state index contributed by atoms with van der Waals surface area (Å²) in [6.45, 7) is 1.50. The number of para-hydroxylation sites is 1. The number of carboxylic acid groups (broad SMARTS) is 1. The van der Waals surface area contributed by atoms with Crippen LogP contribution in [0.5, 0.6) is 5.75 Å². The summed E-state index contributed by atoms with van der Waals surface area (Å²) < 4.78 is 5.80. The van der Waals surface area contributed by atoms with Crippen molar-refractivity contribution in [1.82, 2.24) is 9.88 Å². The Morgan fingerprint density at radius 3 is 2.74 bits per heavy atom. The number of hydrogen-bond donors (Lipinski definition) is 1. The maximum atomic E-state index is 12.1. The molecule has 3 aromatic rings. The average Bonchev–Trinajstić information content (AvgIpc) is 2.88. The fraction of sp³-hybridized carbons (Fsp3) is 0.182. The van der Waals surface area contributed by atoms with Crippen LogP contribution in [-0.2, 0) is 11.3 Å². The van der Waals surface area contributed by atoms with Gasteiger partial charge in [-0.05, 0) is 23.3 Å². The van der Waals surface area contributed by atoms with E-state index in [0.29, 0.717) is 31.0 Å². The minimum Gasteiger partial charge on any atom is -0.492 e. The van der Waals surface area contributed by atoms with Crippen molar-refractivity contribution in [2.45, 2.75) is 12.6 Å². The number of ether oxygens (including phenoxy) is 1. The van der Waals surface area contributed by atoms with Gasteiger partial charge in [0.2, 0.25) is 0 Å². The van der Waals surface area contributed by atoms with Crippen molar-refractivity contribution in [3.8, 4) is 16.9 Å². The highest BCUT2D eigenvalue weighted by Gasteiger charge is 2.32. The van der Waals surface area contributed by atoms with Crippen LogP contribution < -0.4 is 4.74 Å². The molecule has 5 nitrogen and oxygen atoms in total. The van der Waals surface area contributed by atoms with Gasteiger partial charge in [0, 0.05) is 36.6 Å².